The van der Waals surface area contributed by atoms with Gasteiger partial charge in [0.25, 0.3) is 0 Å². The summed E-state index contributed by atoms with van der Waals surface area (Å²) in [4.78, 5) is 5.12. The highest BCUT2D eigenvalue weighted by Gasteiger charge is 2.39. The van der Waals surface area contributed by atoms with E-state index in [0.717, 1.165) is 45.8 Å². The topological polar surface area (TPSA) is 52.8 Å². The Morgan fingerprint density at radius 1 is 0.732 bits per heavy atom. The Balaban J connectivity index is 1.44. The fourth-order valence-electron chi connectivity index (χ4n) is 6.23. The van der Waals surface area contributed by atoms with Gasteiger partial charge in [0.1, 0.15) is 11.3 Å². The molecule has 1 atom stereocenters. The van der Waals surface area contributed by atoms with Gasteiger partial charge in [-0.3, -0.25) is 0 Å². The van der Waals surface area contributed by atoms with Crippen LogP contribution >= 0.6 is 0 Å². The molecule has 0 spiro atoms. The molecule has 5 heteroatoms. The number of hydrogen-bond acceptors (Lipinski definition) is 4. The van der Waals surface area contributed by atoms with Crippen molar-refractivity contribution in [3.63, 3.8) is 0 Å². The fourth-order valence-corrected chi connectivity index (χ4v) is 6.23. The lowest BCUT2D eigenvalue weighted by molar-refractivity contribution is 0.352. The standard InChI is InChI=1S/C36H30N4O/c1-4-13-28(14-5-1)36(29-15-6-2-7-16-29,30-17-8-3-9-18-30)40-25-34(37-26-40)33(24-31-19-11-22-38-39-31)32-20-10-12-27-21-23-41-35(27)32/h1-20,22,25-26,33H,21,23-24H2. The molecule has 5 nitrogen and oxygen atoms in total. The minimum absolute atomic E-state index is 0.0546. The lowest BCUT2D eigenvalue weighted by atomic mass is 9.76. The predicted molar refractivity (Wildman–Crippen MR) is 160 cm³/mol. The first-order valence-corrected chi connectivity index (χ1v) is 14.1. The lowest BCUT2D eigenvalue weighted by Crippen LogP contribution is -2.37. The number of nitrogens with zero attached hydrogens (tertiary/aromatic N) is 4. The molecule has 41 heavy (non-hydrogen) atoms. The Kier molecular flexibility index (Phi) is 6.61. The molecule has 0 saturated heterocycles. The molecule has 200 valence electrons. The van der Waals surface area contributed by atoms with Gasteiger partial charge in [-0.15, -0.1) is 0 Å². The normalized spacial score (nSPS) is 13.4. The van der Waals surface area contributed by atoms with Crippen LogP contribution in [0.4, 0.5) is 0 Å². The van der Waals surface area contributed by atoms with Gasteiger partial charge in [0, 0.05) is 36.7 Å². The van der Waals surface area contributed by atoms with Crippen LogP contribution in [0.25, 0.3) is 0 Å². The van der Waals surface area contributed by atoms with E-state index in [1.807, 2.05) is 18.5 Å². The summed E-state index contributed by atoms with van der Waals surface area (Å²) >= 11 is 0. The Morgan fingerprint density at radius 3 is 2.00 bits per heavy atom. The van der Waals surface area contributed by atoms with Gasteiger partial charge in [-0.05, 0) is 34.4 Å². The number of imidazole rings is 1. The molecule has 0 bridgehead atoms. The maximum Gasteiger partial charge on any atom is 0.126 e. The van der Waals surface area contributed by atoms with Crippen molar-refractivity contribution in [1.82, 2.24) is 19.7 Å². The van der Waals surface area contributed by atoms with Crippen molar-refractivity contribution >= 4 is 0 Å². The minimum atomic E-state index is -0.624. The van der Waals surface area contributed by atoms with E-state index in [1.165, 1.54) is 5.56 Å². The first-order valence-electron chi connectivity index (χ1n) is 14.1. The number of fused-ring (bicyclic) bond motifs is 1. The second-order valence-electron chi connectivity index (χ2n) is 10.4. The first-order chi connectivity index (χ1) is 20.3. The van der Waals surface area contributed by atoms with Gasteiger partial charge in [-0.2, -0.15) is 10.2 Å². The molecule has 1 aliphatic rings. The number of aromatic nitrogens is 4. The number of hydrogen-bond donors (Lipinski definition) is 0. The zero-order valence-electron chi connectivity index (χ0n) is 22.7. The third kappa shape index (κ3) is 4.49. The van der Waals surface area contributed by atoms with Crippen LogP contribution in [-0.4, -0.2) is 26.4 Å². The molecule has 4 aromatic carbocycles. The van der Waals surface area contributed by atoms with Crippen molar-refractivity contribution < 1.29 is 4.74 Å². The molecule has 6 aromatic rings. The van der Waals surface area contributed by atoms with E-state index < -0.39 is 5.54 Å². The number of ether oxygens (including phenoxy) is 1. The average Bonchev–Trinajstić information content (AvgIpc) is 3.73. The molecule has 1 unspecified atom stereocenters. The molecule has 0 saturated carbocycles. The number of rotatable bonds is 8. The highest BCUT2D eigenvalue weighted by atomic mass is 16.5. The maximum absolute atomic E-state index is 6.18. The van der Waals surface area contributed by atoms with Crippen LogP contribution in [0.3, 0.4) is 0 Å². The fraction of sp³-hybridized carbons (Fsp3) is 0.139. The minimum Gasteiger partial charge on any atom is -0.493 e. The molecular formula is C36H30N4O. The Labute approximate surface area is 240 Å². The molecule has 2 aromatic heterocycles. The highest BCUT2D eigenvalue weighted by Crippen LogP contribution is 2.43. The number of benzene rings is 4. The molecule has 0 amide bonds. The molecule has 0 fully saturated rings. The van der Waals surface area contributed by atoms with Crippen LogP contribution in [0.15, 0.2) is 140 Å². The van der Waals surface area contributed by atoms with Gasteiger partial charge in [0.05, 0.1) is 24.3 Å². The van der Waals surface area contributed by atoms with Gasteiger partial charge in [-0.1, -0.05) is 109 Å². The SMILES string of the molecule is c1ccc(C(c2ccccc2)(c2ccccc2)n2cnc(C(Cc3cccnn3)c3cccc4c3OCC4)c2)cc1. The molecule has 3 heterocycles. The summed E-state index contributed by atoms with van der Waals surface area (Å²) in [6, 6.07) is 42.5. The summed E-state index contributed by atoms with van der Waals surface area (Å²) in [5, 5.41) is 8.59. The van der Waals surface area contributed by atoms with Crippen LogP contribution in [0, 0.1) is 0 Å². The van der Waals surface area contributed by atoms with E-state index in [9.17, 15) is 0 Å². The smallest absolute Gasteiger partial charge is 0.126 e. The zero-order chi connectivity index (χ0) is 27.5. The summed E-state index contributed by atoms with van der Waals surface area (Å²) in [5.41, 5.74) is 7.14. The maximum atomic E-state index is 6.18. The second kappa shape index (κ2) is 10.9. The van der Waals surface area contributed by atoms with E-state index in [0.29, 0.717) is 13.0 Å². The van der Waals surface area contributed by atoms with Crippen molar-refractivity contribution in [2.45, 2.75) is 24.3 Å². The van der Waals surface area contributed by atoms with Crippen molar-refractivity contribution in [1.29, 1.82) is 0 Å². The molecule has 7 rings (SSSR count). The van der Waals surface area contributed by atoms with Gasteiger partial charge in [0.15, 0.2) is 0 Å². The molecule has 0 radical (unpaired) electrons. The van der Waals surface area contributed by atoms with Gasteiger partial charge < -0.3 is 9.30 Å². The third-order valence-electron chi connectivity index (χ3n) is 8.08. The lowest BCUT2D eigenvalue weighted by Gasteiger charge is -2.37. The van der Waals surface area contributed by atoms with Crippen molar-refractivity contribution in [3.8, 4) is 5.75 Å². The molecule has 0 N–H and O–H groups in total. The van der Waals surface area contributed by atoms with Crippen LogP contribution < -0.4 is 4.74 Å². The van der Waals surface area contributed by atoms with E-state index in [4.69, 9.17) is 9.72 Å². The Bertz CT molecular complexity index is 1640. The third-order valence-corrected chi connectivity index (χ3v) is 8.08. The first kappa shape index (κ1) is 25.0. The van der Waals surface area contributed by atoms with E-state index in [2.05, 4.69) is 130 Å². The van der Waals surface area contributed by atoms with Crippen molar-refractivity contribution in [2.75, 3.05) is 6.61 Å². The van der Waals surface area contributed by atoms with Gasteiger partial charge in [0.2, 0.25) is 0 Å². The largest absolute Gasteiger partial charge is 0.493 e. The Morgan fingerprint density at radius 2 is 1.39 bits per heavy atom. The highest BCUT2D eigenvalue weighted by molar-refractivity contribution is 5.52. The van der Waals surface area contributed by atoms with Gasteiger partial charge >= 0.3 is 0 Å². The van der Waals surface area contributed by atoms with E-state index >= 15 is 0 Å². The van der Waals surface area contributed by atoms with Crippen LogP contribution in [0.5, 0.6) is 5.75 Å². The van der Waals surface area contributed by atoms with Crippen LogP contribution in [0.1, 0.15) is 45.1 Å². The summed E-state index contributed by atoms with van der Waals surface area (Å²) in [6.45, 7) is 0.706. The summed E-state index contributed by atoms with van der Waals surface area (Å²) in [6.07, 6.45) is 7.50. The van der Waals surface area contributed by atoms with E-state index in [-0.39, 0.29) is 5.92 Å². The zero-order valence-corrected chi connectivity index (χ0v) is 22.7. The van der Waals surface area contributed by atoms with Crippen molar-refractivity contribution in [3.05, 3.63) is 179 Å². The summed E-state index contributed by atoms with van der Waals surface area (Å²) in [7, 11) is 0. The van der Waals surface area contributed by atoms with Gasteiger partial charge in [-0.25, -0.2) is 4.98 Å². The second-order valence-corrected chi connectivity index (χ2v) is 10.4. The van der Waals surface area contributed by atoms with Crippen LogP contribution in [-0.2, 0) is 18.4 Å². The van der Waals surface area contributed by atoms with E-state index in [1.54, 1.807) is 6.20 Å². The Hall–Kier alpha value is -5.03. The molecule has 0 aliphatic carbocycles. The predicted octanol–water partition coefficient (Wildman–Crippen LogP) is 6.82. The van der Waals surface area contributed by atoms with Crippen LogP contribution in [0.2, 0.25) is 0 Å². The number of para-hydroxylation sites is 1. The quantitative estimate of drug-likeness (QED) is 0.201. The molecular weight excluding hydrogens is 504 g/mol. The van der Waals surface area contributed by atoms with Crippen molar-refractivity contribution in [2.24, 2.45) is 0 Å². The average molecular weight is 535 g/mol. The monoisotopic (exact) mass is 534 g/mol. The summed E-state index contributed by atoms with van der Waals surface area (Å²) in [5.74, 6) is 0.928. The summed E-state index contributed by atoms with van der Waals surface area (Å²) < 4.78 is 8.46. The molecule has 1 aliphatic heterocycles.